The fourth-order valence-electron chi connectivity index (χ4n) is 1.73. The first kappa shape index (κ1) is 13.7. The van der Waals surface area contributed by atoms with Gasteiger partial charge in [-0.25, -0.2) is 4.79 Å². The SMILES string of the molecule is CCCn1ccc(=O)n(CCCCCO)c1=O. The highest BCUT2D eigenvalue weighted by Crippen LogP contribution is 1.95. The molecule has 1 N–H and O–H groups in total. The zero-order valence-corrected chi connectivity index (χ0v) is 10.3. The van der Waals surface area contributed by atoms with Gasteiger partial charge in [0.15, 0.2) is 0 Å². The summed E-state index contributed by atoms with van der Waals surface area (Å²) >= 11 is 0. The Hall–Kier alpha value is -1.36. The van der Waals surface area contributed by atoms with E-state index in [-0.39, 0.29) is 17.9 Å². The van der Waals surface area contributed by atoms with Gasteiger partial charge in [0.05, 0.1) is 0 Å². The molecular formula is C12H20N2O3. The van der Waals surface area contributed by atoms with Crippen molar-refractivity contribution in [3.63, 3.8) is 0 Å². The number of aryl methyl sites for hydroxylation is 1. The Morgan fingerprint density at radius 2 is 1.94 bits per heavy atom. The summed E-state index contributed by atoms with van der Waals surface area (Å²) in [6.45, 7) is 3.21. The second-order valence-electron chi connectivity index (χ2n) is 4.07. The fourth-order valence-corrected chi connectivity index (χ4v) is 1.73. The average Bonchev–Trinajstić information content (AvgIpc) is 2.32. The zero-order valence-electron chi connectivity index (χ0n) is 10.3. The highest BCUT2D eigenvalue weighted by molar-refractivity contribution is 4.86. The summed E-state index contributed by atoms with van der Waals surface area (Å²) in [5.74, 6) is 0. The molecule has 1 aromatic heterocycles. The first-order valence-electron chi connectivity index (χ1n) is 6.12. The summed E-state index contributed by atoms with van der Waals surface area (Å²) in [4.78, 5) is 23.5. The Balaban J connectivity index is 2.79. The van der Waals surface area contributed by atoms with Gasteiger partial charge in [0.2, 0.25) is 0 Å². The first-order valence-corrected chi connectivity index (χ1v) is 6.12. The van der Waals surface area contributed by atoms with Crippen molar-refractivity contribution in [3.05, 3.63) is 33.1 Å². The van der Waals surface area contributed by atoms with Gasteiger partial charge in [-0.1, -0.05) is 6.92 Å². The minimum absolute atomic E-state index is 0.157. The molecule has 0 radical (unpaired) electrons. The molecule has 0 saturated carbocycles. The average molecular weight is 240 g/mol. The quantitative estimate of drug-likeness (QED) is 0.709. The highest BCUT2D eigenvalue weighted by Gasteiger charge is 2.03. The van der Waals surface area contributed by atoms with Gasteiger partial charge >= 0.3 is 5.69 Å². The molecule has 0 aliphatic heterocycles. The Bertz CT molecular complexity index is 448. The Morgan fingerprint density at radius 1 is 1.18 bits per heavy atom. The molecule has 17 heavy (non-hydrogen) atoms. The van der Waals surface area contributed by atoms with Crippen LogP contribution in [0, 0.1) is 0 Å². The van der Waals surface area contributed by atoms with Crippen molar-refractivity contribution in [2.45, 2.75) is 45.7 Å². The van der Waals surface area contributed by atoms with Crippen molar-refractivity contribution < 1.29 is 5.11 Å². The van der Waals surface area contributed by atoms with E-state index in [9.17, 15) is 9.59 Å². The van der Waals surface area contributed by atoms with Gasteiger partial charge in [-0.2, -0.15) is 0 Å². The molecule has 0 aliphatic carbocycles. The van der Waals surface area contributed by atoms with E-state index >= 15 is 0 Å². The van der Waals surface area contributed by atoms with Crippen LogP contribution in [0.25, 0.3) is 0 Å². The molecule has 5 nitrogen and oxygen atoms in total. The van der Waals surface area contributed by atoms with Crippen LogP contribution >= 0.6 is 0 Å². The van der Waals surface area contributed by atoms with Gasteiger partial charge in [0, 0.05) is 32.0 Å². The topological polar surface area (TPSA) is 64.2 Å². The molecule has 1 heterocycles. The molecule has 1 aromatic rings. The molecule has 0 unspecified atom stereocenters. The van der Waals surface area contributed by atoms with Crippen LogP contribution < -0.4 is 11.2 Å². The van der Waals surface area contributed by atoms with Crippen molar-refractivity contribution in [2.75, 3.05) is 6.61 Å². The Labute approximate surface area is 100 Å². The van der Waals surface area contributed by atoms with E-state index in [1.807, 2.05) is 6.92 Å². The molecule has 0 saturated heterocycles. The molecule has 5 heteroatoms. The third-order valence-corrected chi connectivity index (χ3v) is 2.64. The lowest BCUT2D eigenvalue weighted by Gasteiger charge is -2.08. The van der Waals surface area contributed by atoms with Crippen LogP contribution in [0.5, 0.6) is 0 Å². The number of unbranched alkanes of at least 4 members (excludes halogenated alkanes) is 2. The van der Waals surface area contributed by atoms with Crippen molar-refractivity contribution in [2.24, 2.45) is 0 Å². The minimum Gasteiger partial charge on any atom is -0.396 e. The van der Waals surface area contributed by atoms with Crippen LogP contribution in [-0.4, -0.2) is 20.8 Å². The predicted octanol–water partition coefficient (Wildman–Crippen LogP) is 0.583. The van der Waals surface area contributed by atoms with Gasteiger partial charge in [0.1, 0.15) is 0 Å². The van der Waals surface area contributed by atoms with Crippen LogP contribution in [0.2, 0.25) is 0 Å². The molecule has 0 fully saturated rings. The van der Waals surface area contributed by atoms with E-state index in [4.69, 9.17) is 5.11 Å². The van der Waals surface area contributed by atoms with E-state index in [2.05, 4.69) is 0 Å². The third-order valence-electron chi connectivity index (χ3n) is 2.64. The lowest BCUT2D eigenvalue weighted by Crippen LogP contribution is -2.39. The smallest absolute Gasteiger partial charge is 0.330 e. The van der Waals surface area contributed by atoms with E-state index in [1.165, 1.54) is 10.6 Å². The largest absolute Gasteiger partial charge is 0.396 e. The standard InChI is InChI=1S/C12H20N2O3/c1-2-7-13-9-6-11(16)14(12(13)17)8-4-3-5-10-15/h6,9,15H,2-5,7-8,10H2,1H3. The molecule has 0 aromatic carbocycles. The number of nitrogens with zero attached hydrogens (tertiary/aromatic N) is 2. The number of aliphatic hydroxyl groups excluding tert-OH is 1. The summed E-state index contributed by atoms with van der Waals surface area (Å²) in [7, 11) is 0. The molecule has 96 valence electrons. The van der Waals surface area contributed by atoms with E-state index in [1.54, 1.807) is 10.8 Å². The van der Waals surface area contributed by atoms with E-state index < -0.39 is 0 Å². The fraction of sp³-hybridized carbons (Fsp3) is 0.667. The number of hydrogen-bond acceptors (Lipinski definition) is 3. The maximum Gasteiger partial charge on any atom is 0.330 e. The van der Waals surface area contributed by atoms with Crippen LogP contribution in [0.1, 0.15) is 32.6 Å². The minimum atomic E-state index is -0.244. The molecule has 0 atom stereocenters. The lowest BCUT2D eigenvalue weighted by atomic mass is 10.2. The summed E-state index contributed by atoms with van der Waals surface area (Å²) in [6.07, 6.45) is 4.70. The molecule has 0 bridgehead atoms. The number of aromatic nitrogens is 2. The maximum atomic E-state index is 11.9. The number of aliphatic hydroxyl groups is 1. The summed E-state index contributed by atoms with van der Waals surface area (Å²) < 4.78 is 2.83. The molecule has 1 rings (SSSR count). The Morgan fingerprint density at radius 3 is 2.59 bits per heavy atom. The van der Waals surface area contributed by atoms with E-state index in [0.29, 0.717) is 19.5 Å². The first-order chi connectivity index (χ1) is 8.20. The predicted molar refractivity (Wildman–Crippen MR) is 66.2 cm³/mol. The summed E-state index contributed by atoms with van der Waals surface area (Å²) in [5.41, 5.74) is -0.477. The summed E-state index contributed by atoms with van der Waals surface area (Å²) in [6, 6.07) is 1.43. The van der Waals surface area contributed by atoms with Gasteiger partial charge in [-0.15, -0.1) is 0 Å². The maximum absolute atomic E-state index is 11.9. The zero-order chi connectivity index (χ0) is 12.7. The van der Waals surface area contributed by atoms with Crippen molar-refractivity contribution in [1.29, 1.82) is 0 Å². The monoisotopic (exact) mass is 240 g/mol. The van der Waals surface area contributed by atoms with Crippen molar-refractivity contribution in [1.82, 2.24) is 9.13 Å². The van der Waals surface area contributed by atoms with Crippen molar-refractivity contribution >= 4 is 0 Å². The van der Waals surface area contributed by atoms with Gasteiger partial charge in [0.25, 0.3) is 5.56 Å². The molecular weight excluding hydrogens is 220 g/mol. The Kier molecular flexibility index (Phi) is 5.69. The molecule has 0 spiro atoms. The van der Waals surface area contributed by atoms with Gasteiger partial charge in [-0.05, 0) is 25.7 Å². The molecule has 0 amide bonds. The number of rotatable bonds is 7. The van der Waals surface area contributed by atoms with Crippen LogP contribution in [0.4, 0.5) is 0 Å². The van der Waals surface area contributed by atoms with E-state index in [0.717, 1.165) is 19.3 Å². The number of hydrogen-bond donors (Lipinski definition) is 1. The molecule has 0 aliphatic rings. The summed E-state index contributed by atoms with van der Waals surface area (Å²) in [5, 5.41) is 8.65. The van der Waals surface area contributed by atoms with Gasteiger partial charge in [-0.3, -0.25) is 9.36 Å². The normalized spacial score (nSPS) is 10.7. The highest BCUT2D eigenvalue weighted by atomic mass is 16.3. The lowest BCUT2D eigenvalue weighted by molar-refractivity contribution is 0.281. The third kappa shape index (κ3) is 3.85. The van der Waals surface area contributed by atoms with Crippen LogP contribution in [-0.2, 0) is 13.1 Å². The van der Waals surface area contributed by atoms with Crippen LogP contribution in [0.15, 0.2) is 21.9 Å². The van der Waals surface area contributed by atoms with Crippen molar-refractivity contribution in [3.8, 4) is 0 Å². The second kappa shape index (κ2) is 7.06. The van der Waals surface area contributed by atoms with Crippen LogP contribution in [0.3, 0.4) is 0 Å². The second-order valence-corrected chi connectivity index (χ2v) is 4.07. The van der Waals surface area contributed by atoms with Gasteiger partial charge < -0.3 is 9.67 Å².